The number of amides is 1. The second kappa shape index (κ2) is 6.29. The third kappa shape index (κ3) is 3.53. The zero-order valence-corrected chi connectivity index (χ0v) is 12.3. The highest BCUT2D eigenvalue weighted by atomic mass is 127. The molecule has 0 fully saturated rings. The monoisotopic (exact) mass is 394 g/mol. The van der Waals surface area contributed by atoms with Crippen LogP contribution in [0, 0.1) is 9.39 Å². The Bertz CT molecular complexity index is 628. The van der Waals surface area contributed by atoms with Crippen molar-refractivity contribution in [2.75, 3.05) is 5.32 Å². The van der Waals surface area contributed by atoms with Gasteiger partial charge in [-0.05, 0) is 52.9 Å². The van der Waals surface area contributed by atoms with Crippen LogP contribution in [-0.2, 0) is 6.54 Å². The van der Waals surface area contributed by atoms with E-state index < -0.39 is 24.7 Å². The van der Waals surface area contributed by atoms with Crippen LogP contribution >= 0.6 is 22.6 Å². The fraction of sp³-hybridized carbons (Fsp3) is 0.154. The maximum atomic E-state index is 13.0. The largest absolute Gasteiger partial charge is 0.338 e. The van der Waals surface area contributed by atoms with E-state index in [0.29, 0.717) is 9.26 Å². The molecule has 1 amide bonds. The second-order valence-corrected chi connectivity index (χ2v) is 5.18. The molecule has 0 radical (unpaired) electrons. The van der Waals surface area contributed by atoms with E-state index in [4.69, 9.17) is 0 Å². The van der Waals surface area contributed by atoms with Crippen molar-refractivity contribution in [2.45, 2.75) is 13.0 Å². The minimum Gasteiger partial charge on any atom is -0.338 e. The van der Waals surface area contributed by atoms with Crippen LogP contribution in [0.1, 0.15) is 10.5 Å². The number of aromatic nitrogens is 1. The molecule has 1 aromatic carbocycles. The number of hydrogen-bond acceptors (Lipinski definition) is 1. The second-order valence-electron chi connectivity index (χ2n) is 4.02. The summed E-state index contributed by atoms with van der Waals surface area (Å²) in [6.07, 6.45) is -1.13. The normalized spacial score (nSPS) is 10.8. The van der Waals surface area contributed by atoms with Gasteiger partial charge in [-0.1, -0.05) is 0 Å². The molecule has 0 bridgehead atoms. The fourth-order valence-electron chi connectivity index (χ4n) is 1.71. The van der Waals surface area contributed by atoms with Crippen molar-refractivity contribution in [3.8, 4) is 0 Å². The van der Waals surface area contributed by atoms with Crippen LogP contribution in [0.3, 0.4) is 0 Å². The molecule has 3 nitrogen and oxygen atoms in total. The van der Waals surface area contributed by atoms with E-state index >= 15 is 0 Å². The maximum absolute atomic E-state index is 13.0. The molecule has 20 heavy (non-hydrogen) atoms. The Balaban J connectivity index is 2.18. The first-order valence-electron chi connectivity index (χ1n) is 5.67. The molecule has 0 unspecified atom stereocenters. The quantitative estimate of drug-likeness (QED) is 0.788. The first-order valence-corrected chi connectivity index (χ1v) is 6.75. The minimum atomic E-state index is -2.54. The van der Waals surface area contributed by atoms with Gasteiger partial charge in [0.2, 0.25) is 0 Å². The van der Waals surface area contributed by atoms with Crippen molar-refractivity contribution in [1.29, 1.82) is 0 Å². The average molecular weight is 394 g/mol. The molecule has 1 heterocycles. The summed E-state index contributed by atoms with van der Waals surface area (Å²) in [5.74, 6) is -0.923. The molecule has 0 saturated carbocycles. The zero-order valence-electron chi connectivity index (χ0n) is 10.1. The van der Waals surface area contributed by atoms with Crippen molar-refractivity contribution < 1.29 is 18.0 Å². The molecule has 2 aromatic rings. The predicted molar refractivity (Wildman–Crippen MR) is 77.5 cm³/mol. The topological polar surface area (TPSA) is 34.0 Å². The summed E-state index contributed by atoms with van der Waals surface area (Å²) in [7, 11) is 0. The van der Waals surface area contributed by atoms with E-state index in [-0.39, 0.29) is 5.69 Å². The molecule has 106 valence electrons. The molecule has 0 aliphatic rings. The average Bonchev–Trinajstić information content (AvgIpc) is 2.80. The standard InChI is InChI=1S/C13H10F3IN2O/c14-8-3-4-10(9(17)6-8)18-13(20)11-2-1-5-19(11)7-12(15)16/h1-6,12H,7H2,(H,18,20). The van der Waals surface area contributed by atoms with Crippen LogP contribution < -0.4 is 5.32 Å². The predicted octanol–water partition coefficient (Wildman–Crippen LogP) is 3.75. The third-order valence-electron chi connectivity index (χ3n) is 2.58. The Morgan fingerprint density at radius 2 is 2.10 bits per heavy atom. The van der Waals surface area contributed by atoms with Crippen LogP contribution in [0.4, 0.5) is 18.9 Å². The van der Waals surface area contributed by atoms with Crippen molar-refractivity contribution in [3.63, 3.8) is 0 Å². The lowest BCUT2D eigenvalue weighted by Crippen LogP contribution is -2.19. The highest BCUT2D eigenvalue weighted by Gasteiger charge is 2.15. The zero-order chi connectivity index (χ0) is 14.7. The van der Waals surface area contributed by atoms with Crippen LogP contribution in [0.2, 0.25) is 0 Å². The lowest BCUT2D eigenvalue weighted by atomic mass is 10.3. The summed E-state index contributed by atoms with van der Waals surface area (Å²) >= 11 is 1.88. The van der Waals surface area contributed by atoms with Crippen molar-refractivity contribution in [1.82, 2.24) is 4.57 Å². The highest BCUT2D eigenvalue weighted by Crippen LogP contribution is 2.20. The first kappa shape index (κ1) is 14.9. The Kier molecular flexibility index (Phi) is 4.69. The number of carbonyl (C=O) groups excluding carboxylic acids is 1. The molecule has 0 atom stereocenters. The van der Waals surface area contributed by atoms with Crippen molar-refractivity contribution in [2.24, 2.45) is 0 Å². The van der Waals surface area contributed by atoms with Gasteiger partial charge in [0.15, 0.2) is 0 Å². The van der Waals surface area contributed by atoms with Crippen molar-refractivity contribution in [3.05, 3.63) is 51.6 Å². The van der Waals surface area contributed by atoms with Gasteiger partial charge in [-0.15, -0.1) is 0 Å². The molecule has 0 spiro atoms. The van der Waals surface area contributed by atoms with E-state index in [1.165, 1.54) is 41.1 Å². The fourth-order valence-corrected chi connectivity index (χ4v) is 2.32. The van der Waals surface area contributed by atoms with E-state index in [1.54, 1.807) is 0 Å². The molecule has 2 rings (SSSR count). The molecule has 0 aliphatic heterocycles. The van der Waals surface area contributed by atoms with E-state index in [9.17, 15) is 18.0 Å². The number of alkyl halides is 2. The van der Waals surface area contributed by atoms with Crippen LogP contribution in [0.15, 0.2) is 36.5 Å². The number of hydrogen-bond donors (Lipinski definition) is 1. The van der Waals surface area contributed by atoms with Gasteiger partial charge in [-0.25, -0.2) is 13.2 Å². The first-order chi connectivity index (χ1) is 9.47. The highest BCUT2D eigenvalue weighted by molar-refractivity contribution is 14.1. The number of anilines is 1. The SMILES string of the molecule is O=C(Nc1ccc(F)cc1I)c1cccn1CC(F)F. The molecule has 1 aromatic heterocycles. The molecular formula is C13H10F3IN2O. The Morgan fingerprint density at radius 1 is 1.35 bits per heavy atom. The molecular weight excluding hydrogens is 384 g/mol. The lowest BCUT2D eigenvalue weighted by Gasteiger charge is -2.10. The number of benzene rings is 1. The number of carbonyl (C=O) groups is 1. The third-order valence-corrected chi connectivity index (χ3v) is 3.47. The van der Waals surface area contributed by atoms with Crippen molar-refractivity contribution >= 4 is 34.2 Å². The summed E-state index contributed by atoms with van der Waals surface area (Å²) in [5, 5.41) is 2.57. The van der Waals surface area contributed by atoms with Gasteiger partial charge in [0.05, 0.1) is 12.2 Å². The number of rotatable bonds is 4. The summed E-state index contributed by atoms with van der Waals surface area (Å²) in [4.78, 5) is 12.0. The van der Waals surface area contributed by atoms with Gasteiger partial charge in [0.25, 0.3) is 12.3 Å². The Labute approximate surface area is 126 Å². The molecule has 0 aliphatic carbocycles. The molecule has 1 N–H and O–H groups in total. The number of nitrogens with one attached hydrogen (secondary N) is 1. The van der Waals surface area contributed by atoms with Crippen LogP contribution in [0.5, 0.6) is 0 Å². The Hall–Kier alpha value is -1.51. The number of halogens is 4. The van der Waals surface area contributed by atoms with Gasteiger partial charge < -0.3 is 9.88 Å². The Morgan fingerprint density at radius 3 is 2.75 bits per heavy atom. The molecule has 7 heteroatoms. The maximum Gasteiger partial charge on any atom is 0.272 e. The van der Waals surface area contributed by atoms with Gasteiger partial charge in [-0.3, -0.25) is 4.79 Å². The summed E-state index contributed by atoms with van der Waals surface area (Å²) in [6.45, 7) is -0.545. The van der Waals surface area contributed by atoms with Gasteiger partial charge in [0, 0.05) is 9.77 Å². The van der Waals surface area contributed by atoms with E-state index in [0.717, 1.165) is 0 Å². The lowest BCUT2D eigenvalue weighted by molar-refractivity contribution is 0.0997. The summed E-state index contributed by atoms with van der Waals surface area (Å²) in [5.41, 5.74) is 0.562. The van der Waals surface area contributed by atoms with E-state index in [1.807, 2.05) is 22.6 Å². The minimum absolute atomic E-state index is 0.130. The summed E-state index contributed by atoms with van der Waals surface area (Å²) < 4.78 is 39.4. The van der Waals surface area contributed by atoms with Crippen LogP contribution in [-0.4, -0.2) is 16.9 Å². The van der Waals surface area contributed by atoms with Gasteiger partial charge in [-0.2, -0.15) is 0 Å². The van der Waals surface area contributed by atoms with Gasteiger partial charge in [0.1, 0.15) is 11.5 Å². The smallest absolute Gasteiger partial charge is 0.272 e. The summed E-state index contributed by atoms with van der Waals surface area (Å²) in [6, 6.07) is 6.89. The molecule has 0 saturated heterocycles. The van der Waals surface area contributed by atoms with Gasteiger partial charge >= 0.3 is 0 Å². The van der Waals surface area contributed by atoms with E-state index in [2.05, 4.69) is 5.32 Å². The van der Waals surface area contributed by atoms with Crippen LogP contribution in [0.25, 0.3) is 0 Å². The number of nitrogens with zero attached hydrogens (tertiary/aromatic N) is 1.